The first-order chi connectivity index (χ1) is 7.56. The van der Waals surface area contributed by atoms with Crippen molar-refractivity contribution in [1.82, 2.24) is 5.06 Å². The third kappa shape index (κ3) is 2.80. The van der Waals surface area contributed by atoms with E-state index in [0.29, 0.717) is 0 Å². The molecule has 1 aromatic rings. The van der Waals surface area contributed by atoms with Crippen LogP contribution in [0.1, 0.15) is 17.3 Å². The van der Waals surface area contributed by atoms with Crippen LogP contribution in [-0.2, 0) is 9.63 Å². The number of carbonyl (C=O) groups excluding carboxylic acids is 2. The summed E-state index contributed by atoms with van der Waals surface area (Å²) in [5.74, 6) is -0.622. The molecule has 0 bridgehead atoms. The molecule has 0 heterocycles. The zero-order valence-electron chi connectivity index (χ0n) is 9.39. The van der Waals surface area contributed by atoms with E-state index in [0.717, 1.165) is 5.06 Å². The van der Waals surface area contributed by atoms with Crippen molar-refractivity contribution in [2.45, 2.75) is 6.92 Å². The van der Waals surface area contributed by atoms with Gasteiger partial charge in [-0.05, 0) is 12.1 Å². The molecule has 1 rings (SSSR count). The van der Waals surface area contributed by atoms with Crippen LogP contribution in [0.25, 0.3) is 0 Å². The number of amides is 1. The molecule has 0 spiro atoms. The van der Waals surface area contributed by atoms with E-state index >= 15 is 0 Å². The van der Waals surface area contributed by atoms with Crippen molar-refractivity contribution >= 4 is 11.9 Å². The molecule has 5 heteroatoms. The zero-order valence-corrected chi connectivity index (χ0v) is 9.39. The summed E-state index contributed by atoms with van der Waals surface area (Å²) in [5.41, 5.74) is 0.280. The van der Waals surface area contributed by atoms with Gasteiger partial charge in [0.1, 0.15) is 5.75 Å². The average Bonchev–Trinajstić information content (AvgIpc) is 2.27. The lowest BCUT2D eigenvalue weighted by Crippen LogP contribution is -2.26. The molecule has 86 valence electrons. The Morgan fingerprint density at radius 1 is 1.25 bits per heavy atom. The van der Waals surface area contributed by atoms with Gasteiger partial charge in [0.25, 0.3) is 5.91 Å². The molecular weight excluding hydrogens is 210 g/mol. The second-order valence-corrected chi connectivity index (χ2v) is 3.07. The summed E-state index contributed by atoms with van der Waals surface area (Å²) in [7, 11) is 2.86. The van der Waals surface area contributed by atoms with E-state index in [4.69, 9.17) is 9.57 Å². The highest BCUT2D eigenvalue weighted by Gasteiger charge is 2.17. The summed E-state index contributed by atoms with van der Waals surface area (Å²) in [5, 5.41) is 1.06. The van der Waals surface area contributed by atoms with Gasteiger partial charge in [0.15, 0.2) is 0 Å². The Hall–Kier alpha value is -1.88. The highest BCUT2D eigenvalue weighted by molar-refractivity contribution is 5.96. The van der Waals surface area contributed by atoms with Gasteiger partial charge >= 0.3 is 5.97 Å². The zero-order chi connectivity index (χ0) is 12.1. The van der Waals surface area contributed by atoms with Gasteiger partial charge in [-0.1, -0.05) is 12.1 Å². The summed E-state index contributed by atoms with van der Waals surface area (Å²) >= 11 is 0. The molecule has 1 aromatic carbocycles. The number of rotatable bonds is 3. The van der Waals surface area contributed by atoms with Gasteiger partial charge in [-0.15, -0.1) is 0 Å². The molecule has 0 aromatic heterocycles. The van der Waals surface area contributed by atoms with Crippen molar-refractivity contribution in [2.75, 3.05) is 14.2 Å². The monoisotopic (exact) mass is 223 g/mol. The summed E-state index contributed by atoms with van der Waals surface area (Å²) < 4.78 is 4.92. The fourth-order valence-electron chi connectivity index (χ4n) is 1.14. The standard InChI is InChI=1S/C11H13NO4/c1-8(13)16-10-7-5-4-6-9(10)11(14)12(2)15-3/h4-7H,1-3H3. The van der Waals surface area contributed by atoms with Gasteiger partial charge in [-0.2, -0.15) is 0 Å². The highest BCUT2D eigenvalue weighted by Crippen LogP contribution is 2.19. The van der Waals surface area contributed by atoms with Crippen molar-refractivity contribution in [3.63, 3.8) is 0 Å². The van der Waals surface area contributed by atoms with Crippen LogP contribution in [0.2, 0.25) is 0 Å². The Bertz CT molecular complexity index is 403. The summed E-state index contributed by atoms with van der Waals surface area (Å²) in [4.78, 5) is 27.4. The maximum atomic E-state index is 11.8. The topological polar surface area (TPSA) is 55.8 Å². The number of benzene rings is 1. The van der Waals surface area contributed by atoms with Crippen molar-refractivity contribution in [2.24, 2.45) is 0 Å². The first-order valence-corrected chi connectivity index (χ1v) is 4.66. The molecule has 1 amide bonds. The van der Waals surface area contributed by atoms with Crippen molar-refractivity contribution in [3.05, 3.63) is 29.8 Å². The van der Waals surface area contributed by atoms with Gasteiger partial charge in [0.2, 0.25) is 0 Å². The molecule has 5 nitrogen and oxygen atoms in total. The maximum Gasteiger partial charge on any atom is 0.308 e. The number of ether oxygens (including phenoxy) is 1. The second-order valence-electron chi connectivity index (χ2n) is 3.07. The second kappa shape index (κ2) is 5.27. The van der Waals surface area contributed by atoms with Crippen molar-refractivity contribution < 1.29 is 19.2 Å². The van der Waals surface area contributed by atoms with Crippen LogP contribution in [0.5, 0.6) is 5.75 Å². The molecule has 0 N–H and O–H groups in total. The molecule has 0 aliphatic carbocycles. The van der Waals surface area contributed by atoms with Gasteiger partial charge in [0, 0.05) is 14.0 Å². The van der Waals surface area contributed by atoms with E-state index in [1.165, 1.54) is 21.1 Å². The Kier molecular flexibility index (Phi) is 4.02. The highest BCUT2D eigenvalue weighted by atomic mass is 16.7. The summed E-state index contributed by atoms with van der Waals surface area (Å²) in [6.45, 7) is 1.28. The lowest BCUT2D eigenvalue weighted by atomic mass is 10.2. The predicted molar refractivity (Wildman–Crippen MR) is 56.9 cm³/mol. The normalized spacial score (nSPS) is 9.69. The number of nitrogens with zero attached hydrogens (tertiary/aromatic N) is 1. The van der Waals surface area contributed by atoms with Gasteiger partial charge in [-0.3, -0.25) is 14.4 Å². The van der Waals surface area contributed by atoms with Crippen molar-refractivity contribution in [1.29, 1.82) is 0 Å². The van der Waals surface area contributed by atoms with Crippen molar-refractivity contribution in [3.8, 4) is 5.75 Å². The van der Waals surface area contributed by atoms with Gasteiger partial charge in [-0.25, -0.2) is 5.06 Å². The number of hydrogen-bond donors (Lipinski definition) is 0. The first-order valence-electron chi connectivity index (χ1n) is 4.66. The minimum atomic E-state index is -0.472. The quantitative estimate of drug-likeness (QED) is 0.439. The van der Waals surface area contributed by atoms with E-state index in [1.807, 2.05) is 0 Å². The van der Waals surface area contributed by atoms with Gasteiger partial charge in [0.05, 0.1) is 12.7 Å². The van der Waals surface area contributed by atoms with Crippen LogP contribution < -0.4 is 4.74 Å². The van der Waals surface area contributed by atoms with Gasteiger partial charge < -0.3 is 4.74 Å². The van der Waals surface area contributed by atoms with E-state index < -0.39 is 5.97 Å². The predicted octanol–water partition coefficient (Wildman–Crippen LogP) is 1.25. The molecule has 0 atom stereocenters. The Morgan fingerprint density at radius 3 is 2.44 bits per heavy atom. The lowest BCUT2D eigenvalue weighted by molar-refractivity contribution is -0.131. The first kappa shape index (κ1) is 12.2. The van der Waals surface area contributed by atoms with E-state index in [-0.39, 0.29) is 17.2 Å². The average molecular weight is 223 g/mol. The molecule has 0 aliphatic heterocycles. The largest absolute Gasteiger partial charge is 0.426 e. The number of para-hydroxylation sites is 1. The molecule has 0 fully saturated rings. The number of esters is 1. The fourth-order valence-corrected chi connectivity index (χ4v) is 1.14. The molecule has 0 aliphatic rings. The van der Waals surface area contributed by atoms with Crippen LogP contribution in [0.3, 0.4) is 0 Å². The molecular formula is C11H13NO4. The van der Waals surface area contributed by atoms with Crippen LogP contribution in [0, 0.1) is 0 Å². The SMILES string of the molecule is CON(C)C(=O)c1ccccc1OC(C)=O. The maximum absolute atomic E-state index is 11.8. The van der Waals surface area contributed by atoms with E-state index in [9.17, 15) is 9.59 Å². The smallest absolute Gasteiger partial charge is 0.308 e. The van der Waals surface area contributed by atoms with E-state index in [2.05, 4.69) is 0 Å². The van der Waals surface area contributed by atoms with E-state index in [1.54, 1.807) is 24.3 Å². The number of carbonyl (C=O) groups is 2. The molecule has 0 saturated carbocycles. The molecule has 0 radical (unpaired) electrons. The summed E-state index contributed by atoms with van der Waals surface area (Å²) in [6, 6.07) is 6.49. The Labute approximate surface area is 93.5 Å². The van der Waals surface area contributed by atoms with Crippen LogP contribution in [0.15, 0.2) is 24.3 Å². The number of hydrogen-bond acceptors (Lipinski definition) is 4. The number of hydroxylamine groups is 2. The fraction of sp³-hybridized carbons (Fsp3) is 0.273. The minimum Gasteiger partial charge on any atom is -0.426 e. The third-order valence-electron chi connectivity index (χ3n) is 1.93. The van der Waals surface area contributed by atoms with Crippen LogP contribution >= 0.6 is 0 Å². The minimum absolute atomic E-state index is 0.226. The third-order valence-corrected chi connectivity index (χ3v) is 1.93. The van der Waals surface area contributed by atoms with Crippen LogP contribution in [-0.4, -0.2) is 31.1 Å². The molecule has 0 saturated heterocycles. The molecule has 0 unspecified atom stereocenters. The van der Waals surface area contributed by atoms with Crippen LogP contribution in [0.4, 0.5) is 0 Å². The summed E-state index contributed by atoms with van der Waals surface area (Å²) in [6.07, 6.45) is 0. The molecule has 16 heavy (non-hydrogen) atoms. The Balaban J connectivity index is 3.03. The Morgan fingerprint density at radius 2 is 1.88 bits per heavy atom. The lowest BCUT2D eigenvalue weighted by Gasteiger charge is -2.15.